The maximum atomic E-state index is 11.9. The Morgan fingerprint density at radius 2 is 2.15 bits per heavy atom. The van der Waals surface area contributed by atoms with Crippen molar-refractivity contribution in [1.29, 1.82) is 0 Å². The van der Waals surface area contributed by atoms with Crippen molar-refractivity contribution in [2.75, 3.05) is 5.32 Å². The molecule has 7 nitrogen and oxygen atoms in total. The van der Waals surface area contributed by atoms with E-state index < -0.39 is 10.8 Å². The summed E-state index contributed by atoms with van der Waals surface area (Å²) in [6, 6.07) is 7.57. The summed E-state index contributed by atoms with van der Waals surface area (Å²) >= 11 is 0. The zero-order chi connectivity index (χ0) is 14.7. The first-order chi connectivity index (χ1) is 9.51. The Bertz CT molecular complexity index is 663. The number of nitro groups is 1. The first-order valence-corrected chi connectivity index (χ1v) is 5.86. The zero-order valence-electron chi connectivity index (χ0n) is 10.8. The van der Waals surface area contributed by atoms with Gasteiger partial charge in [0.25, 0.3) is 11.6 Å². The average Bonchev–Trinajstić information content (AvgIpc) is 2.89. The van der Waals surface area contributed by atoms with Gasteiger partial charge in [0.05, 0.1) is 11.5 Å². The van der Waals surface area contributed by atoms with Gasteiger partial charge in [-0.1, -0.05) is 6.07 Å². The Morgan fingerprint density at radius 3 is 2.75 bits per heavy atom. The molecule has 7 heteroatoms. The van der Waals surface area contributed by atoms with Crippen molar-refractivity contribution in [3.63, 3.8) is 0 Å². The van der Waals surface area contributed by atoms with Gasteiger partial charge in [-0.3, -0.25) is 14.9 Å². The van der Waals surface area contributed by atoms with E-state index in [0.29, 0.717) is 17.0 Å². The highest BCUT2D eigenvalue weighted by Crippen LogP contribution is 2.22. The van der Waals surface area contributed by atoms with Gasteiger partial charge in [0, 0.05) is 17.3 Å². The van der Waals surface area contributed by atoms with Gasteiger partial charge in [0.1, 0.15) is 5.76 Å². The van der Waals surface area contributed by atoms with E-state index in [4.69, 9.17) is 10.2 Å². The Hall–Kier alpha value is -2.67. The van der Waals surface area contributed by atoms with Crippen LogP contribution in [0.4, 0.5) is 11.4 Å². The lowest BCUT2D eigenvalue weighted by Gasteiger charge is -2.04. The standard InChI is InChI=1S/C13H13N3O4/c1-8-2-3-9(6-11(8)16(18)19)15-13(17)12-5-4-10(7-14)20-12/h2-6H,7,14H2,1H3,(H,15,17). The van der Waals surface area contributed by atoms with Crippen molar-refractivity contribution in [3.8, 4) is 0 Å². The van der Waals surface area contributed by atoms with Crippen LogP contribution >= 0.6 is 0 Å². The molecule has 0 fully saturated rings. The summed E-state index contributed by atoms with van der Waals surface area (Å²) in [5.41, 5.74) is 6.19. The number of nitrogens with zero attached hydrogens (tertiary/aromatic N) is 1. The summed E-state index contributed by atoms with van der Waals surface area (Å²) in [5.74, 6) is 0.113. The molecule has 1 heterocycles. The molecule has 0 unspecified atom stereocenters. The maximum Gasteiger partial charge on any atom is 0.291 e. The fourth-order valence-electron chi connectivity index (χ4n) is 1.69. The van der Waals surface area contributed by atoms with E-state index >= 15 is 0 Å². The second-order valence-corrected chi connectivity index (χ2v) is 4.18. The third-order valence-electron chi connectivity index (χ3n) is 2.75. The zero-order valence-corrected chi connectivity index (χ0v) is 10.8. The first kappa shape index (κ1) is 13.8. The predicted octanol–water partition coefficient (Wildman–Crippen LogP) is 2.21. The molecular weight excluding hydrogens is 262 g/mol. The summed E-state index contributed by atoms with van der Waals surface area (Å²) in [6.45, 7) is 1.83. The van der Waals surface area contributed by atoms with Gasteiger partial charge in [-0.2, -0.15) is 0 Å². The van der Waals surface area contributed by atoms with Crippen LogP contribution in [0.5, 0.6) is 0 Å². The quantitative estimate of drug-likeness (QED) is 0.656. The van der Waals surface area contributed by atoms with Crippen LogP contribution < -0.4 is 11.1 Å². The molecule has 0 aliphatic heterocycles. The number of nitrogens with two attached hydrogens (primary N) is 1. The second-order valence-electron chi connectivity index (χ2n) is 4.18. The van der Waals surface area contributed by atoms with E-state index in [1.165, 1.54) is 12.1 Å². The van der Waals surface area contributed by atoms with Crippen molar-refractivity contribution < 1.29 is 14.1 Å². The van der Waals surface area contributed by atoms with Gasteiger partial charge in [0.2, 0.25) is 0 Å². The molecular formula is C13H13N3O4. The van der Waals surface area contributed by atoms with E-state index in [9.17, 15) is 14.9 Å². The van der Waals surface area contributed by atoms with Crippen LogP contribution in [0.2, 0.25) is 0 Å². The Kier molecular flexibility index (Phi) is 3.81. The number of carbonyl (C=O) groups excluding carboxylic acids is 1. The molecule has 2 aromatic rings. The number of carbonyl (C=O) groups is 1. The predicted molar refractivity (Wildman–Crippen MR) is 72.4 cm³/mol. The number of amides is 1. The van der Waals surface area contributed by atoms with E-state index in [2.05, 4.69) is 5.32 Å². The van der Waals surface area contributed by atoms with Gasteiger partial charge in [-0.25, -0.2) is 0 Å². The summed E-state index contributed by atoms with van der Waals surface area (Å²) in [6.07, 6.45) is 0. The highest BCUT2D eigenvalue weighted by Gasteiger charge is 2.15. The average molecular weight is 275 g/mol. The maximum absolute atomic E-state index is 11.9. The first-order valence-electron chi connectivity index (χ1n) is 5.86. The number of benzene rings is 1. The van der Waals surface area contributed by atoms with Crippen molar-refractivity contribution in [3.05, 3.63) is 57.5 Å². The molecule has 104 valence electrons. The molecule has 0 radical (unpaired) electrons. The molecule has 0 atom stereocenters. The fourth-order valence-corrected chi connectivity index (χ4v) is 1.69. The molecule has 0 bridgehead atoms. The van der Waals surface area contributed by atoms with Crippen LogP contribution in [0, 0.1) is 17.0 Å². The molecule has 0 saturated heterocycles. The van der Waals surface area contributed by atoms with E-state index in [1.54, 1.807) is 25.1 Å². The van der Waals surface area contributed by atoms with Crippen molar-refractivity contribution >= 4 is 17.3 Å². The number of rotatable bonds is 4. The van der Waals surface area contributed by atoms with Crippen LogP contribution in [0.15, 0.2) is 34.7 Å². The lowest BCUT2D eigenvalue weighted by molar-refractivity contribution is -0.385. The van der Waals surface area contributed by atoms with Crippen molar-refractivity contribution in [2.24, 2.45) is 5.73 Å². The van der Waals surface area contributed by atoms with Gasteiger partial charge >= 0.3 is 0 Å². The molecule has 0 saturated carbocycles. The second kappa shape index (κ2) is 5.54. The lowest BCUT2D eigenvalue weighted by atomic mass is 10.2. The molecule has 1 aromatic heterocycles. The van der Waals surface area contributed by atoms with Crippen LogP contribution in [0.3, 0.4) is 0 Å². The molecule has 3 N–H and O–H groups in total. The third kappa shape index (κ3) is 2.83. The van der Waals surface area contributed by atoms with Crippen LogP contribution in [-0.4, -0.2) is 10.8 Å². The lowest BCUT2D eigenvalue weighted by Crippen LogP contribution is -2.11. The molecule has 0 aliphatic rings. The van der Waals surface area contributed by atoms with Gasteiger partial charge in [-0.05, 0) is 25.1 Å². The normalized spacial score (nSPS) is 10.3. The van der Waals surface area contributed by atoms with Crippen molar-refractivity contribution in [1.82, 2.24) is 0 Å². The van der Waals surface area contributed by atoms with Crippen LogP contribution in [0.25, 0.3) is 0 Å². The molecule has 2 rings (SSSR count). The Morgan fingerprint density at radius 1 is 1.40 bits per heavy atom. The minimum absolute atomic E-state index is 0.0510. The summed E-state index contributed by atoms with van der Waals surface area (Å²) in [5, 5.41) is 13.4. The fraction of sp³-hybridized carbons (Fsp3) is 0.154. The number of anilines is 1. The molecule has 0 spiro atoms. The molecule has 0 aliphatic carbocycles. The third-order valence-corrected chi connectivity index (χ3v) is 2.75. The minimum Gasteiger partial charge on any atom is -0.455 e. The van der Waals surface area contributed by atoms with E-state index in [1.807, 2.05) is 0 Å². The highest BCUT2D eigenvalue weighted by molar-refractivity contribution is 6.02. The number of hydrogen-bond donors (Lipinski definition) is 2. The van der Waals surface area contributed by atoms with Gasteiger partial charge in [-0.15, -0.1) is 0 Å². The van der Waals surface area contributed by atoms with E-state index in [-0.39, 0.29) is 18.0 Å². The summed E-state index contributed by atoms with van der Waals surface area (Å²) < 4.78 is 5.20. The Labute approximate surface area is 114 Å². The number of nitrogens with one attached hydrogen (secondary N) is 1. The smallest absolute Gasteiger partial charge is 0.291 e. The van der Waals surface area contributed by atoms with Crippen LogP contribution in [0.1, 0.15) is 21.9 Å². The minimum atomic E-state index is -0.496. The highest BCUT2D eigenvalue weighted by atomic mass is 16.6. The largest absolute Gasteiger partial charge is 0.455 e. The van der Waals surface area contributed by atoms with Gasteiger partial charge in [0.15, 0.2) is 5.76 Å². The molecule has 1 aromatic carbocycles. The SMILES string of the molecule is Cc1ccc(NC(=O)c2ccc(CN)o2)cc1[N+](=O)[O-]. The number of hydrogen-bond acceptors (Lipinski definition) is 5. The summed E-state index contributed by atoms with van der Waals surface area (Å²) in [7, 11) is 0. The molecule has 20 heavy (non-hydrogen) atoms. The number of furan rings is 1. The van der Waals surface area contributed by atoms with Crippen molar-refractivity contribution in [2.45, 2.75) is 13.5 Å². The number of aryl methyl sites for hydroxylation is 1. The monoisotopic (exact) mass is 275 g/mol. The van der Waals surface area contributed by atoms with Gasteiger partial charge < -0.3 is 15.5 Å². The number of nitro benzene ring substituents is 1. The topological polar surface area (TPSA) is 111 Å². The summed E-state index contributed by atoms with van der Waals surface area (Å²) in [4.78, 5) is 22.2. The Balaban J connectivity index is 2.19. The molecule has 1 amide bonds. The van der Waals surface area contributed by atoms with Crippen LogP contribution in [-0.2, 0) is 6.54 Å². The van der Waals surface area contributed by atoms with E-state index in [0.717, 1.165) is 0 Å².